The van der Waals surface area contributed by atoms with E-state index in [1.165, 1.54) is 12.1 Å². The molecule has 0 saturated carbocycles. The van der Waals surface area contributed by atoms with Gasteiger partial charge in [0.25, 0.3) is 0 Å². The van der Waals surface area contributed by atoms with E-state index in [9.17, 15) is 18.0 Å². The van der Waals surface area contributed by atoms with Gasteiger partial charge in [0.15, 0.2) is 0 Å². The van der Waals surface area contributed by atoms with Crippen LogP contribution in [-0.4, -0.2) is 39.0 Å². The highest BCUT2D eigenvalue weighted by Crippen LogP contribution is 2.29. The van der Waals surface area contributed by atoms with Gasteiger partial charge in [-0.25, -0.2) is 4.98 Å². The van der Waals surface area contributed by atoms with Crippen LogP contribution in [0.2, 0.25) is 0 Å². The number of aliphatic carboxylic acids is 1. The molecule has 5 nitrogen and oxygen atoms in total. The number of carboxylic acid groups (broad SMARTS) is 1. The van der Waals surface area contributed by atoms with Gasteiger partial charge in [-0.1, -0.05) is 18.1 Å². The number of rotatable bonds is 4. The highest BCUT2D eigenvalue weighted by Gasteiger charge is 2.30. The van der Waals surface area contributed by atoms with E-state index >= 15 is 0 Å². The maximum atomic E-state index is 12.9. The summed E-state index contributed by atoms with van der Waals surface area (Å²) in [6.45, 7) is 0.0644. The largest absolute Gasteiger partial charge is 0.480 e. The van der Waals surface area contributed by atoms with Crippen molar-refractivity contribution in [2.45, 2.75) is 12.7 Å². The van der Waals surface area contributed by atoms with E-state index in [0.29, 0.717) is 17.0 Å². The van der Waals surface area contributed by atoms with Crippen LogP contribution in [0.1, 0.15) is 22.5 Å². The molecule has 0 spiro atoms. The van der Waals surface area contributed by atoms with Gasteiger partial charge in [0, 0.05) is 18.3 Å². The van der Waals surface area contributed by atoms with Crippen molar-refractivity contribution in [3.63, 3.8) is 0 Å². The van der Waals surface area contributed by atoms with Gasteiger partial charge in [0.05, 0.1) is 17.8 Å². The molecule has 28 heavy (non-hydrogen) atoms. The number of fused-ring (bicyclic) bond motifs is 1. The summed E-state index contributed by atoms with van der Waals surface area (Å²) in [5, 5.41) is 8.93. The van der Waals surface area contributed by atoms with Crippen LogP contribution >= 0.6 is 0 Å². The van der Waals surface area contributed by atoms with Crippen LogP contribution in [0.5, 0.6) is 0 Å². The van der Waals surface area contributed by atoms with E-state index in [0.717, 1.165) is 12.1 Å². The van der Waals surface area contributed by atoms with Crippen molar-refractivity contribution in [2.75, 3.05) is 13.6 Å². The molecule has 0 saturated heterocycles. The monoisotopic (exact) mass is 387 g/mol. The first-order chi connectivity index (χ1) is 13.2. The quantitative estimate of drug-likeness (QED) is 0.698. The lowest BCUT2D eigenvalue weighted by molar-refractivity contribution is -0.138. The second-order valence-corrected chi connectivity index (χ2v) is 6.23. The minimum absolute atomic E-state index is 0.172. The summed E-state index contributed by atoms with van der Waals surface area (Å²) >= 11 is 0. The molecule has 0 atom stereocenters. The number of imidazole rings is 1. The third kappa shape index (κ3) is 4.50. The Labute approximate surface area is 159 Å². The van der Waals surface area contributed by atoms with Crippen LogP contribution in [0.4, 0.5) is 13.2 Å². The summed E-state index contributed by atoms with van der Waals surface area (Å²) in [7, 11) is 1.64. The normalized spacial score (nSPS) is 11.5. The number of aromatic nitrogens is 2. The molecule has 0 fully saturated rings. The molecule has 0 unspecified atom stereocenters. The molecule has 0 radical (unpaired) electrons. The Hall–Kier alpha value is -3.31. The van der Waals surface area contributed by atoms with E-state index in [4.69, 9.17) is 5.11 Å². The second-order valence-electron chi connectivity index (χ2n) is 6.23. The third-order valence-electron chi connectivity index (χ3n) is 3.94. The number of nitrogens with zero attached hydrogens (tertiary/aromatic N) is 3. The highest BCUT2D eigenvalue weighted by molar-refractivity contribution is 5.69. The molecule has 1 N–H and O–H groups in total. The fourth-order valence-electron chi connectivity index (χ4n) is 2.73. The number of pyridine rings is 1. The van der Waals surface area contributed by atoms with Crippen molar-refractivity contribution in [3.8, 4) is 11.8 Å². The number of likely N-dealkylation sites (N-methyl/N-ethyl adjacent to an activating group) is 1. The first-order valence-electron chi connectivity index (χ1n) is 8.29. The van der Waals surface area contributed by atoms with Crippen molar-refractivity contribution in [2.24, 2.45) is 0 Å². The maximum Gasteiger partial charge on any atom is 0.416 e. The summed E-state index contributed by atoms with van der Waals surface area (Å²) in [6.07, 6.45) is -2.69. The van der Waals surface area contributed by atoms with Gasteiger partial charge in [-0.2, -0.15) is 13.2 Å². The Kier molecular flexibility index (Phi) is 5.38. The molecule has 1 aromatic carbocycles. The zero-order valence-electron chi connectivity index (χ0n) is 14.9. The van der Waals surface area contributed by atoms with Crippen molar-refractivity contribution in [1.29, 1.82) is 0 Å². The topological polar surface area (TPSA) is 57.8 Å². The van der Waals surface area contributed by atoms with Gasteiger partial charge in [-0.15, -0.1) is 0 Å². The lowest BCUT2D eigenvalue weighted by Crippen LogP contribution is -2.25. The van der Waals surface area contributed by atoms with Crippen LogP contribution in [0, 0.1) is 11.8 Å². The van der Waals surface area contributed by atoms with Crippen LogP contribution in [0.15, 0.2) is 48.7 Å². The van der Waals surface area contributed by atoms with Crippen molar-refractivity contribution in [3.05, 3.63) is 71.2 Å². The van der Waals surface area contributed by atoms with Gasteiger partial charge in [0.1, 0.15) is 11.3 Å². The molecule has 0 amide bonds. The van der Waals surface area contributed by atoms with Crippen LogP contribution in [0.3, 0.4) is 0 Å². The first kappa shape index (κ1) is 19.5. The lowest BCUT2D eigenvalue weighted by atomic mass is 10.1. The number of carboxylic acids is 1. The van der Waals surface area contributed by atoms with Gasteiger partial charge >= 0.3 is 12.1 Å². The maximum absolute atomic E-state index is 12.9. The molecule has 2 aromatic heterocycles. The predicted molar refractivity (Wildman–Crippen MR) is 96.6 cm³/mol. The standard InChI is InChI=1S/C20H16F3N3O2/c1-25(13-19(27)28)12-16-17(26-10-3-2-7-18(26)24-16)9-8-14-5-4-6-15(11-14)20(21,22)23/h2-7,10-11H,12-13H2,1H3,(H,27,28). The summed E-state index contributed by atoms with van der Waals surface area (Å²) in [5.41, 5.74) is 1.14. The molecule has 0 aliphatic rings. The molecular weight excluding hydrogens is 371 g/mol. The Morgan fingerprint density at radius 1 is 1.21 bits per heavy atom. The molecular formula is C20H16F3N3O2. The summed E-state index contributed by atoms with van der Waals surface area (Å²) in [6, 6.07) is 10.2. The van der Waals surface area contributed by atoms with E-state index in [-0.39, 0.29) is 18.7 Å². The van der Waals surface area contributed by atoms with Crippen LogP contribution in [-0.2, 0) is 17.5 Å². The number of carbonyl (C=O) groups is 1. The van der Waals surface area contributed by atoms with Crippen LogP contribution in [0.25, 0.3) is 5.65 Å². The van der Waals surface area contributed by atoms with Crippen molar-refractivity contribution >= 4 is 11.6 Å². The number of benzene rings is 1. The minimum atomic E-state index is -4.44. The highest BCUT2D eigenvalue weighted by atomic mass is 19.4. The molecule has 0 bridgehead atoms. The van der Waals surface area contributed by atoms with Crippen molar-refractivity contribution in [1.82, 2.24) is 14.3 Å². The van der Waals surface area contributed by atoms with Gasteiger partial charge in [0.2, 0.25) is 0 Å². The average Bonchev–Trinajstić information content (AvgIpc) is 2.95. The van der Waals surface area contributed by atoms with E-state index < -0.39 is 17.7 Å². The van der Waals surface area contributed by atoms with Gasteiger partial charge < -0.3 is 5.11 Å². The van der Waals surface area contributed by atoms with Gasteiger partial charge in [-0.3, -0.25) is 14.1 Å². The van der Waals surface area contributed by atoms with Crippen LogP contribution < -0.4 is 0 Å². The SMILES string of the molecule is CN(CC(=O)O)Cc1nc2ccccn2c1C#Cc1cccc(C(F)(F)F)c1. The number of hydrogen-bond donors (Lipinski definition) is 1. The van der Waals surface area contributed by atoms with E-state index in [1.807, 2.05) is 0 Å². The Morgan fingerprint density at radius 2 is 2.00 bits per heavy atom. The fourth-order valence-corrected chi connectivity index (χ4v) is 2.73. The minimum Gasteiger partial charge on any atom is -0.480 e. The average molecular weight is 387 g/mol. The molecule has 144 valence electrons. The molecule has 3 aromatic rings. The smallest absolute Gasteiger partial charge is 0.416 e. The lowest BCUT2D eigenvalue weighted by Gasteiger charge is -2.12. The third-order valence-corrected chi connectivity index (χ3v) is 3.94. The molecule has 8 heteroatoms. The Morgan fingerprint density at radius 3 is 2.71 bits per heavy atom. The zero-order chi connectivity index (χ0) is 20.3. The van der Waals surface area contributed by atoms with Crippen molar-refractivity contribution < 1.29 is 23.1 Å². The summed E-state index contributed by atoms with van der Waals surface area (Å²) in [4.78, 5) is 16.9. The van der Waals surface area contributed by atoms with E-state index in [1.54, 1.807) is 40.7 Å². The molecule has 2 heterocycles. The predicted octanol–water partition coefficient (Wildman–Crippen LogP) is 3.27. The first-order valence-corrected chi connectivity index (χ1v) is 8.29. The summed E-state index contributed by atoms with van der Waals surface area (Å²) in [5.74, 6) is 4.69. The number of halogens is 3. The van der Waals surface area contributed by atoms with Gasteiger partial charge in [-0.05, 0) is 43.3 Å². The Bertz CT molecular complexity index is 1080. The molecule has 0 aliphatic heterocycles. The number of alkyl halides is 3. The molecule has 3 rings (SSSR count). The summed E-state index contributed by atoms with van der Waals surface area (Å²) < 4.78 is 40.4. The Balaban J connectivity index is 2.00. The number of hydrogen-bond acceptors (Lipinski definition) is 3. The fraction of sp³-hybridized carbons (Fsp3) is 0.200. The zero-order valence-corrected chi connectivity index (χ0v) is 14.9. The second kappa shape index (κ2) is 7.74. The molecule has 0 aliphatic carbocycles. The van der Waals surface area contributed by atoms with E-state index in [2.05, 4.69) is 16.8 Å².